The summed E-state index contributed by atoms with van der Waals surface area (Å²) in [6.45, 7) is 6.53. The molecule has 1 N–H and O–H groups in total. The van der Waals surface area contributed by atoms with E-state index in [4.69, 9.17) is 21.3 Å². The average molecular weight is 501 g/mol. The van der Waals surface area contributed by atoms with Crippen LogP contribution in [0.15, 0.2) is 79.0 Å². The third-order valence-corrected chi connectivity index (χ3v) is 7.41. The van der Waals surface area contributed by atoms with Gasteiger partial charge in [-0.2, -0.15) is 0 Å². The van der Waals surface area contributed by atoms with E-state index in [1.54, 1.807) is 0 Å². The normalized spacial score (nSPS) is 16.6. The molecule has 0 amide bonds. The number of hydrogen-bond acceptors (Lipinski definition) is 4. The Balaban J connectivity index is 1.28. The fraction of sp³-hybridized carbons (Fsp3) is 0.323. The topological polar surface area (TPSA) is 45.6 Å². The molecule has 2 heterocycles. The number of likely N-dealkylation sites (tertiary alicyclic amines) is 1. The molecule has 1 atom stereocenters. The SMILES string of the molecule is C=CCc1ccccc1OCC(O)CN1CCC(=C2c3ccc(Cl)cc3CCc3cccnc32)CC1. The number of aliphatic hydroxyl groups excluding tert-OH is 1. The highest BCUT2D eigenvalue weighted by atomic mass is 35.5. The van der Waals surface area contributed by atoms with Gasteiger partial charge in [-0.05, 0) is 78.6 Å². The Labute approximate surface area is 218 Å². The van der Waals surface area contributed by atoms with Crippen molar-refractivity contribution in [2.45, 2.75) is 38.2 Å². The summed E-state index contributed by atoms with van der Waals surface area (Å²) < 4.78 is 5.96. The minimum Gasteiger partial charge on any atom is -0.491 e. The van der Waals surface area contributed by atoms with Gasteiger partial charge in [0.2, 0.25) is 0 Å². The maximum Gasteiger partial charge on any atom is 0.122 e. The summed E-state index contributed by atoms with van der Waals surface area (Å²) in [4.78, 5) is 7.17. The van der Waals surface area contributed by atoms with Crippen LogP contribution in [0, 0.1) is 0 Å². The fourth-order valence-corrected chi connectivity index (χ4v) is 5.59. The van der Waals surface area contributed by atoms with E-state index in [-0.39, 0.29) is 6.61 Å². The number of piperidine rings is 1. The molecule has 0 bridgehead atoms. The number of para-hydroxylation sites is 1. The number of rotatable bonds is 7. The number of halogens is 1. The lowest BCUT2D eigenvalue weighted by Crippen LogP contribution is -2.39. The number of ether oxygens (including phenoxy) is 1. The Kier molecular flexibility index (Phi) is 7.86. The quantitative estimate of drug-likeness (QED) is 0.410. The van der Waals surface area contributed by atoms with Crippen molar-refractivity contribution in [2.75, 3.05) is 26.2 Å². The second-order valence-electron chi connectivity index (χ2n) is 9.66. The molecular weight excluding hydrogens is 468 g/mol. The Morgan fingerprint density at radius 1 is 1.03 bits per heavy atom. The number of aromatic nitrogens is 1. The summed E-state index contributed by atoms with van der Waals surface area (Å²) in [6, 6.07) is 18.5. The third kappa shape index (κ3) is 5.57. The van der Waals surface area contributed by atoms with E-state index in [0.717, 1.165) is 67.2 Å². The molecule has 0 spiro atoms. The van der Waals surface area contributed by atoms with Crippen LogP contribution in [-0.2, 0) is 19.3 Å². The van der Waals surface area contributed by atoms with Crippen LogP contribution in [0.1, 0.15) is 40.8 Å². The zero-order chi connectivity index (χ0) is 24.9. The molecule has 5 heteroatoms. The lowest BCUT2D eigenvalue weighted by molar-refractivity contribution is 0.0653. The molecule has 4 nitrogen and oxygen atoms in total. The van der Waals surface area contributed by atoms with Gasteiger partial charge in [-0.15, -0.1) is 6.58 Å². The smallest absolute Gasteiger partial charge is 0.122 e. The summed E-state index contributed by atoms with van der Waals surface area (Å²) in [5.74, 6) is 0.820. The van der Waals surface area contributed by atoms with Crippen LogP contribution < -0.4 is 4.74 Å². The Bertz CT molecular complexity index is 1260. The Morgan fingerprint density at radius 2 is 1.83 bits per heavy atom. The molecule has 1 saturated heterocycles. The summed E-state index contributed by atoms with van der Waals surface area (Å²) in [7, 11) is 0. The van der Waals surface area contributed by atoms with Crippen molar-refractivity contribution in [3.05, 3.63) is 112 Å². The van der Waals surface area contributed by atoms with Gasteiger partial charge >= 0.3 is 0 Å². The highest BCUT2D eigenvalue weighted by Crippen LogP contribution is 2.38. The van der Waals surface area contributed by atoms with Gasteiger partial charge in [0.05, 0.1) is 5.69 Å². The molecule has 1 aliphatic carbocycles. The molecule has 0 saturated carbocycles. The first-order chi connectivity index (χ1) is 17.6. The minimum absolute atomic E-state index is 0.282. The standard InChI is InChI=1S/C31H33ClN2O2/c1-2-6-22-7-3-4-9-29(22)36-21-27(35)20-34-17-14-23(15-18-34)30-28-13-12-26(32)19-25(28)11-10-24-8-5-16-33-31(24)30/h2-5,7-9,12-13,16,19,27,35H,1,6,10-11,14-15,17-18,20-21H2. The predicted octanol–water partition coefficient (Wildman–Crippen LogP) is 5.90. The van der Waals surface area contributed by atoms with Crippen LogP contribution in [0.3, 0.4) is 0 Å². The molecule has 36 heavy (non-hydrogen) atoms. The van der Waals surface area contributed by atoms with Crippen LogP contribution >= 0.6 is 11.6 Å². The van der Waals surface area contributed by atoms with Crippen molar-refractivity contribution in [1.82, 2.24) is 9.88 Å². The van der Waals surface area contributed by atoms with Crippen LogP contribution in [0.4, 0.5) is 0 Å². The summed E-state index contributed by atoms with van der Waals surface area (Å²) in [6.07, 6.45) is 7.85. The molecule has 1 unspecified atom stereocenters. The second kappa shape index (κ2) is 11.4. The monoisotopic (exact) mass is 500 g/mol. The summed E-state index contributed by atoms with van der Waals surface area (Å²) >= 11 is 6.35. The third-order valence-electron chi connectivity index (χ3n) is 7.18. The van der Waals surface area contributed by atoms with E-state index < -0.39 is 6.10 Å². The van der Waals surface area contributed by atoms with E-state index >= 15 is 0 Å². The first-order valence-electron chi connectivity index (χ1n) is 12.8. The summed E-state index contributed by atoms with van der Waals surface area (Å²) in [5.41, 5.74) is 8.82. The van der Waals surface area contributed by atoms with Crippen molar-refractivity contribution in [1.29, 1.82) is 0 Å². The van der Waals surface area contributed by atoms with Crippen LogP contribution in [0.25, 0.3) is 5.57 Å². The van der Waals surface area contributed by atoms with Crippen molar-refractivity contribution in [2.24, 2.45) is 0 Å². The maximum atomic E-state index is 10.7. The lowest BCUT2D eigenvalue weighted by atomic mass is 9.88. The maximum absolute atomic E-state index is 10.7. The van der Waals surface area contributed by atoms with Crippen molar-refractivity contribution >= 4 is 17.2 Å². The molecule has 1 fully saturated rings. The van der Waals surface area contributed by atoms with Gasteiger partial charge in [0, 0.05) is 36.4 Å². The Morgan fingerprint density at radius 3 is 2.67 bits per heavy atom. The van der Waals surface area contributed by atoms with Gasteiger partial charge < -0.3 is 9.84 Å². The zero-order valence-corrected chi connectivity index (χ0v) is 21.4. The number of pyridine rings is 1. The average Bonchev–Trinajstić information content (AvgIpc) is 3.05. The first kappa shape index (κ1) is 24.8. The lowest BCUT2D eigenvalue weighted by Gasteiger charge is -2.31. The van der Waals surface area contributed by atoms with Gasteiger partial charge in [0.15, 0.2) is 0 Å². The van der Waals surface area contributed by atoms with Gasteiger partial charge in [0.25, 0.3) is 0 Å². The second-order valence-corrected chi connectivity index (χ2v) is 10.1. The van der Waals surface area contributed by atoms with Crippen LogP contribution in [0.5, 0.6) is 5.75 Å². The van der Waals surface area contributed by atoms with Crippen molar-refractivity contribution in [3.8, 4) is 5.75 Å². The number of β-amino-alcohol motifs (C(OH)–C–C–N with tert-alkyl or cyclic N) is 1. The van der Waals surface area contributed by atoms with Crippen LogP contribution in [-0.4, -0.2) is 47.3 Å². The number of benzene rings is 2. The number of hydrogen-bond donors (Lipinski definition) is 1. The number of allylic oxidation sites excluding steroid dienone is 1. The molecule has 1 aliphatic heterocycles. The molecule has 2 aliphatic rings. The molecule has 0 radical (unpaired) electrons. The van der Waals surface area contributed by atoms with Crippen molar-refractivity contribution in [3.63, 3.8) is 0 Å². The largest absolute Gasteiger partial charge is 0.491 e. The highest BCUT2D eigenvalue weighted by molar-refractivity contribution is 6.30. The van der Waals surface area contributed by atoms with E-state index in [1.165, 1.54) is 27.8 Å². The number of fused-ring (bicyclic) bond motifs is 2. The molecule has 3 aromatic rings. The zero-order valence-electron chi connectivity index (χ0n) is 20.6. The van der Waals surface area contributed by atoms with Gasteiger partial charge in [-0.3, -0.25) is 9.88 Å². The molecular formula is C31H33ClN2O2. The van der Waals surface area contributed by atoms with Gasteiger partial charge in [-0.25, -0.2) is 0 Å². The molecule has 186 valence electrons. The molecule has 1 aromatic heterocycles. The molecule has 2 aromatic carbocycles. The van der Waals surface area contributed by atoms with Gasteiger partial charge in [-0.1, -0.05) is 53.6 Å². The van der Waals surface area contributed by atoms with E-state index in [9.17, 15) is 5.11 Å². The van der Waals surface area contributed by atoms with Crippen LogP contribution in [0.2, 0.25) is 5.02 Å². The number of aryl methyl sites for hydroxylation is 2. The molecule has 5 rings (SSSR count). The first-order valence-corrected chi connectivity index (χ1v) is 13.2. The van der Waals surface area contributed by atoms with E-state index in [1.807, 2.05) is 48.7 Å². The minimum atomic E-state index is -0.542. The van der Waals surface area contributed by atoms with Crippen molar-refractivity contribution < 1.29 is 9.84 Å². The van der Waals surface area contributed by atoms with E-state index in [2.05, 4.69) is 29.7 Å². The fourth-order valence-electron chi connectivity index (χ4n) is 5.39. The number of aliphatic hydroxyl groups is 1. The summed E-state index contributed by atoms with van der Waals surface area (Å²) in [5, 5.41) is 11.5. The van der Waals surface area contributed by atoms with E-state index in [0.29, 0.717) is 6.54 Å². The highest BCUT2D eigenvalue weighted by Gasteiger charge is 2.26. The number of nitrogens with zero attached hydrogens (tertiary/aromatic N) is 2. The Hall–Kier alpha value is -2.92. The van der Waals surface area contributed by atoms with Gasteiger partial charge in [0.1, 0.15) is 18.5 Å². The predicted molar refractivity (Wildman–Crippen MR) is 147 cm³/mol.